The summed E-state index contributed by atoms with van der Waals surface area (Å²) in [6.07, 6.45) is 2.85. The first-order chi connectivity index (χ1) is 4.47. The maximum Gasteiger partial charge on any atom is 0.0221 e. The topological polar surface area (TPSA) is 15.3 Å². The molecule has 68 valence electrons. The number of fused-ring (bicyclic) bond motifs is 1. The molecule has 0 unspecified atom stereocenters. The molecule has 2 heterocycles. The molecular formula is C7H16Cl2N2. The molecule has 0 aliphatic carbocycles. The number of piperazine rings is 1. The van der Waals surface area contributed by atoms with Gasteiger partial charge in [-0.1, -0.05) is 0 Å². The molecule has 11 heavy (non-hydrogen) atoms. The Morgan fingerprint density at radius 2 is 2.00 bits per heavy atom. The summed E-state index contributed by atoms with van der Waals surface area (Å²) in [6.45, 7) is 5.08. The molecule has 0 amide bonds. The van der Waals surface area contributed by atoms with E-state index >= 15 is 0 Å². The molecule has 0 aromatic rings. The molecule has 4 heteroatoms. The lowest BCUT2D eigenvalue weighted by Crippen LogP contribution is -2.47. The van der Waals surface area contributed by atoms with E-state index in [-0.39, 0.29) is 24.8 Å². The van der Waals surface area contributed by atoms with Gasteiger partial charge in [-0.15, -0.1) is 24.8 Å². The Kier molecular flexibility index (Phi) is 5.44. The maximum absolute atomic E-state index is 3.41. The van der Waals surface area contributed by atoms with Crippen LogP contribution in [0.3, 0.4) is 0 Å². The molecule has 0 aromatic heterocycles. The van der Waals surface area contributed by atoms with Crippen LogP contribution >= 0.6 is 24.8 Å². The fourth-order valence-corrected chi connectivity index (χ4v) is 1.91. The van der Waals surface area contributed by atoms with E-state index in [0.29, 0.717) is 0 Å². The van der Waals surface area contributed by atoms with E-state index in [2.05, 4.69) is 10.2 Å². The summed E-state index contributed by atoms with van der Waals surface area (Å²) in [5.41, 5.74) is 0. The number of nitrogens with zero attached hydrogens (tertiary/aromatic N) is 1. The van der Waals surface area contributed by atoms with Crippen molar-refractivity contribution in [3.63, 3.8) is 0 Å². The third kappa shape index (κ3) is 2.48. The third-order valence-corrected chi connectivity index (χ3v) is 2.45. The Morgan fingerprint density at radius 3 is 2.73 bits per heavy atom. The number of hydrogen-bond acceptors (Lipinski definition) is 2. The molecular weight excluding hydrogens is 183 g/mol. The average Bonchev–Trinajstić information content (AvgIpc) is 2.33. The van der Waals surface area contributed by atoms with E-state index in [4.69, 9.17) is 0 Å². The third-order valence-electron chi connectivity index (χ3n) is 2.45. The standard InChI is InChI=1S/C7H14N2.2ClH/c1-2-7-6-8-3-5-9(7)4-1;;/h7-8H,1-6H2;2*1H/t7-;;/m1../s1. The lowest BCUT2D eigenvalue weighted by Gasteiger charge is -2.29. The molecule has 2 fully saturated rings. The van der Waals surface area contributed by atoms with E-state index in [0.717, 1.165) is 6.04 Å². The van der Waals surface area contributed by atoms with Crippen LogP contribution in [-0.2, 0) is 0 Å². The van der Waals surface area contributed by atoms with Crippen molar-refractivity contribution < 1.29 is 0 Å². The summed E-state index contributed by atoms with van der Waals surface area (Å²) in [5.74, 6) is 0. The van der Waals surface area contributed by atoms with Crippen LogP contribution in [0.25, 0.3) is 0 Å². The number of hydrogen-bond donors (Lipinski definition) is 1. The Morgan fingerprint density at radius 1 is 1.18 bits per heavy atom. The van der Waals surface area contributed by atoms with Crippen LogP contribution < -0.4 is 5.32 Å². The largest absolute Gasteiger partial charge is 0.314 e. The summed E-state index contributed by atoms with van der Waals surface area (Å²) < 4.78 is 0. The lowest BCUT2D eigenvalue weighted by atomic mass is 10.2. The normalized spacial score (nSPS) is 30.0. The van der Waals surface area contributed by atoms with Crippen molar-refractivity contribution in [3.8, 4) is 0 Å². The highest BCUT2D eigenvalue weighted by Crippen LogP contribution is 2.17. The van der Waals surface area contributed by atoms with Crippen LogP contribution in [0.4, 0.5) is 0 Å². The van der Waals surface area contributed by atoms with Gasteiger partial charge in [0, 0.05) is 25.7 Å². The van der Waals surface area contributed by atoms with Crippen LogP contribution in [0, 0.1) is 0 Å². The van der Waals surface area contributed by atoms with E-state index in [9.17, 15) is 0 Å². The SMILES string of the molecule is C1C[C@@H]2CNCCN2C1.Cl.Cl. The van der Waals surface area contributed by atoms with E-state index < -0.39 is 0 Å². The first-order valence-electron chi connectivity index (χ1n) is 3.91. The second-order valence-corrected chi connectivity index (χ2v) is 3.04. The Hall–Kier alpha value is 0.500. The van der Waals surface area contributed by atoms with E-state index in [1.165, 1.54) is 39.0 Å². The lowest BCUT2D eigenvalue weighted by molar-refractivity contribution is 0.212. The molecule has 2 aliphatic heterocycles. The van der Waals surface area contributed by atoms with Crippen LogP contribution in [0.5, 0.6) is 0 Å². The van der Waals surface area contributed by atoms with Crippen molar-refractivity contribution in [3.05, 3.63) is 0 Å². The summed E-state index contributed by atoms with van der Waals surface area (Å²) in [7, 11) is 0. The first-order valence-corrected chi connectivity index (χ1v) is 3.91. The zero-order chi connectivity index (χ0) is 6.10. The molecule has 0 bridgehead atoms. The monoisotopic (exact) mass is 198 g/mol. The predicted molar refractivity (Wildman–Crippen MR) is 52.0 cm³/mol. The molecule has 1 N–H and O–H groups in total. The Labute approximate surface area is 80.5 Å². The zero-order valence-corrected chi connectivity index (χ0v) is 8.22. The van der Waals surface area contributed by atoms with Gasteiger partial charge in [0.15, 0.2) is 0 Å². The molecule has 2 aliphatic rings. The molecule has 2 nitrogen and oxygen atoms in total. The summed E-state index contributed by atoms with van der Waals surface area (Å²) in [6, 6.07) is 0.888. The number of nitrogens with one attached hydrogen (secondary N) is 1. The van der Waals surface area contributed by atoms with Crippen molar-refractivity contribution in [2.24, 2.45) is 0 Å². The molecule has 0 saturated carbocycles. The van der Waals surface area contributed by atoms with Gasteiger partial charge in [0.25, 0.3) is 0 Å². The van der Waals surface area contributed by atoms with Gasteiger partial charge in [0.1, 0.15) is 0 Å². The summed E-state index contributed by atoms with van der Waals surface area (Å²) in [4.78, 5) is 2.61. The van der Waals surface area contributed by atoms with Crippen molar-refractivity contribution in [1.82, 2.24) is 10.2 Å². The van der Waals surface area contributed by atoms with Crippen LogP contribution in [0.1, 0.15) is 12.8 Å². The van der Waals surface area contributed by atoms with Crippen LogP contribution in [0.2, 0.25) is 0 Å². The van der Waals surface area contributed by atoms with Crippen molar-refractivity contribution in [2.75, 3.05) is 26.2 Å². The molecule has 0 radical (unpaired) electrons. The van der Waals surface area contributed by atoms with Crippen molar-refractivity contribution in [2.45, 2.75) is 18.9 Å². The van der Waals surface area contributed by atoms with E-state index in [1.54, 1.807) is 0 Å². The second-order valence-electron chi connectivity index (χ2n) is 3.04. The van der Waals surface area contributed by atoms with E-state index in [1.807, 2.05) is 0 Å². The molecule has 0 spiro atoms. The molecule has 1 atom stereocenters. The summed E-state index contributed by atoms with van der Waals surface area (Å²) >= 11 is 0. The van der Waals surface area contributed by atoms with Gasteiger partial charge < -0.3 is 5.32 Å². The minimum absolute atomic E-state index is 0. The number of halogens is 2. The van der Waals surface area contributed by atoms with Crippen LogP contribution in [-0.4, -0.2) is 37.1 Å². The predicted octanol–water partition coefficient (Wildman–Crippen LogP) is 0.898. The smallest absolute Gasteiger partial charge is 0.0221 e. The Balaban J connectivity index is 0.000000500. The Bertz CT molecular complexity index is 98.6. The second kappa shape index (κ2) is 5.20. The van der Waals surface area contributed by atoms with Crippen molar-refractivity contribution >= 4 is 24.8 Å². The maximum atomic E-state index is 3.41. The van der Waals surface area contributed by atoms with Gasteiger partial charge in [0.05, 0.1) is 0 Å². The highest BCUT2D eigenvalue weighted by atomic mass is 35.5. The molecule has 2 rings (SSSR count). The van der Waals surface area contributed by atoms with Gasteiger partial charge >= 0.3 is 0 Å². The quantitative estimate of drug-likeness (QED) is 0.623. The van der Waals surface area contributed by atoms with Crippen LogP contribution in [0.15, 0.2) is 0 Å². The molecule has 0 aromatic carbocycles. The average molecular weight is 199 g/mol. The van der Waals surface area contributed by atoms with Gasteiger partial charge in [-0.2, -0.15) is 0 Å². The fraction of sp³-hybridized carbons (Fsp3) is 1.00. The first kappa shape index (κ1) is 11.5. The van der Waals surface area contributed by atoms with Gasteiger partial charge in [-0.3, -0.25) is 4.90 Å². The summed E-state index contributed by atoms with van der Waals surface area (Å²) in [5, 5.41) is 3.41. The van der Waals surface area contributed by atoms with Gasteiger partial charge in [-0.05, 0) is 19.4 Å². The fourth-order valence-electron chi connectivity index (χ4n) is 1.91. The van der Waals surface area contributed by atoms with Gasteiger partial charge in [0.2, 0.25) is 0 Å². The number of rotatable bonds is 0. The van der Waals surface area contributed by atoms with Gasteiger partial charge in [-0.25, -0.2) is 0 Å². The zero-order valence-electron chi connectivity index (χ0n) is 6.58. The highest BCUT2D eigenvalue weighted by Gasteiger charge is 2.25. The minimum Gasteiger partial charge on any atom is -0.314 e. The molecule has 2 saturated heterocycles. The minimum atomic E-state index is 0. The highest BCUT2D eigenvalue weighted by molar-refractivity contribution is 5.85. The van der Waals surface area contributed by atoms with Crippen molar-refractivity contribution in [1.29, 1.82) is 0 Å².